The number of anilines is 5. The van der Waals surface area contributed by atoms with E-state index >= 15 is 0 Å². The van der Waals surface area contributed by atoms with Crippen LogP contribution < -0.4 is 30.6 Å². The van der Waals surface area contributed by atoms with Gasteiger partial charge in [-0.25, -0.2) is 44.1 Å². The van der Waals surface area contributed by atoms with Crippen molar-refractivity contribution in [1.82, 2.24) is 29.5 Å². The Labute approximate surface area is 448 Å². The molecule has 0 radical (unpaired) electrons. The number of aliphatic hydroxyl groups excluding tert-OH is 1. The maximum Gasteiger partial charge on any atom is 1.00 e. The molecule has 8 rings (SSSR count). The van der Waals surface area contributed by atoms with E-state index in [-0.39, 0.29) is 40.3 Å². The Morgan fingerprint density at radius 3 is 1.40 bits per heavy atom. The van der Waals surface area contributed by atoms with Crippen LogP contribution in [-0.4, -0.2) is 116 Å². The Bertz CT molecular complexity index is 3370. The van der Waals surface area contributed by atoms with Crippen molar-refractivity contribution in [1.29, 1.82) is 0 Å². The lowest BCUT2D eigenvalue weighted by Gasteiger charge is -2.09. The summed E-state index contributed by atoms with van der Waals surface area (Å²) in [5, 5.41) is 68.9. The predicted octanol–water partition coefficient (Wildman–Crippen LogP) is 8.91. The number of carboxylic acid groups (broad SMARTS) is 4. The number of nitrogens with two attached hydrogens (primary N) is 1. The Morgan fingerprint density at radius 2 is 0.962 bits per heavy atom. The highest BCUT2D eigenvalue weighted by Crippen LogP contribution is 2.28. The van der Waals surface area contributed by atoms with Crippen LogP contribution in [0.1, 0.15) is 63.6 Å². The number of carbonyl (C=O) groups is 4. The fourth-order valence-electron chi connectivity index (χ4n) is 6.14. The summed E-state index contributed by atoms with van der Waals surface area (Å²) in [6.45, 7) is 7.48. The van der Waals surface area contributed by atoms with Gasteiger partial charge in [0.25, 0.3) is 0 Å². The van der Waals surface area contributed by atoms with Gasteiger partial charge in [0.15, 0.2) is 11.5 Å². The second-order valence-corrected chi connectivity index (χ2v) is 15.2. The molecule has 8 aromatic rings. The molecular formula is C50H49ClN11O16+. The summed E-state index contributed by atoms with van der Waals surface area (Å²) in [7, 11) is 1.00. The molecule has 9 N–H and O–H groups in total. The van der Waals surface area contributed by atoms with E-state index in [1.165, 1.54) is 24.5 Å². The molecule has 27 nitrogen and oxygen atoms in total. The number of nitrogens with zero attached hydrogens (tertiary/aromatic N) is 8. The zero-order chi connectivity index (χ0) is 57.5. The molecule has 5 aromatic heterocycles. The topological polar surface area (TPSA) is 403 Å². The SMILES string of the molecule is CCOc1ccc(-n2cnc3cc(C(=O)O)cnc32)cc1.CCOc1ccc(Nc2ncc(C(=O)O)cc2N)cc1.CCOc1ccc(Nc2ncc(C(=O)O)cc2[N+](=O)[O-])cc1.CO.O=C(O)c1cnc(Cl)c([N+](=O)[O-])c1.[H+]. The van der Waals surface area contributed by atoms with Crippen molar-refractivity contribution in [2.75, 3.05) is 43.3 Å². The first kappa shape index (κ1) is 60.0. The standard InChI is InChI=1S/C15H13N3O3.C14H13N3O5.C14H15N3O3.C6H3ClN2O4.CH4O/c1-2-21-12-5-3-11(4-6-12)18-9-17-13-7-10(15(19)20)8-16-14(13)18;1-2-22-11-5-3-10(4-6-11)16-13-12(17(20)21)7-9(8-15-13)14(18)19;1-2-20-11-5-3-10(4-6-11)17-13-12(15)7-9(8-16-13)14(18)19;7-5-4(9(12)13)1-3(2-8-5)6(10)11;1-2/h3-9H,2H2,1H3,(H,19,20);3-8H,2H2,1H3,(H,15,16)(H,18,19);3-8H,2,15H2,1H3,(H,16,17)(H,18,19);1-2H,(H,10,11);2H,1H3/p+1. The van der Waals surface area contributed by atoms with E-state index in [9.17, 15) is 39.4 Å². The van der Waals surface area contributed by atoms with Gasteiger partial charge in [0.2, 0.25) is 11.0 Å². The third-order valence-electron chi connectivity index (χ3n) is 9.66. The van der Waals surface area contributed by atoms with E-state index in [0.717, 1.165) is 54.5 Å². The number of nitrogen functional groups attached to an aromatic ring is 1. The molecule has 0 spiro atoms. The summed E-state index contributed by atoms with van der Waals surface area (Å²) in [5.41, 5.74) is 8.20. The number of pyridine rings is 4. The molecule has 0 atom stereocenters. The fraction of sp³-hybridized carbons (Fsp3) is 0.140. The highest BCUT2D eigenvalue weighted by Gasteiger charge is 2.20. The molecule has 78 heavy (non-hydrogen) atoms. The van der Waals surface area contributed by atoms with Gasteiger partial charge in [0.1, 0.15) is 29.1 Å². The van der Waals surface area contributed by atoms with Crippen LogP contribution in [0.2, 0.25) is 5.15 Å². The number of ether oxygens (including phenoxy) is 3. The molecule has 0 aliphatic carbocycles. The molecule has 0 saturated heterocycles. The maximum atomic E-state index is 11.0. The van der Waals surface area contributed by atoms with Crippen molar-refractivity contribution >= 4 is 86.7 Å². The highest BCUT2D eigenvalue weighted by molar-refractivity contribution is 6.31. The number of aromatic carboxylic acids is 4. The minimum absolute atomic E-state index is 0. The first-order valence-corrected chi connectivity index (χ1v) is 22.8. The van der Waals surface area contributed by atoms with E-state index in [0.29, 0.717) is 48.2 Å². The summed E-state index contributed by atoms with van der Waals surface area (Å²) in [6.07, 6.45) is 6.23. The summed E-state index contributed by atoms with van der Waals surface area (Å²) >= 11 is 5.35. The van der Waals surface area contributed by atoms with Gasteiger partial charge in [-0.1, -0.05) is 11.6 Å². The average molecular weight is 1100 g/mol. The van der Waals surface area contributed by atoms with Gasteiger partial charge >= 0.3 is 36.7 Å². The van der Waals surface area contributed by atoms with Crippen LogP contribution in [0.3, 0.4) is 0 Å². The number of rotatable bonds is 17. The molecule has 0 fully saturated rings. The molecule has 28 heteroatoms. The lowest BCUT2D eigenvalue weighted by atomic mass is 10.2. The summed E-state index contributed by atoms with van der Waals surface area (Å²) in [6, 6.07) is 26.3. The average Bonchev–Trinajstić information content (AvgIpc) is 3.88. The van der Waals surface area contributed by atoms with Gasteiger partial charge in [-0.15, -0.1) is 0 Å². The van der Waals surface area contributed by atoms with E-state index in [4.69, 9.17) is 57.1 Å². The number of benzene rings is 3. The van der Waals surface area contributed by atoms with Gasteiger partial charge < -0.3 is 56.1 Å². The Balaban J connectivity index is 0.000000277. The largest absolute Gasteiger partial charge is 1.00 e. The van der Waals surface area contributed by atoms with Crippen LogP contribution in [0.4, 0.5) is 40.1 Å². The van der Waals surface area contributed by atoms with E-state index in [2.05, 4.69) is 35.6 Å². The number of halogens is 1. The summed E-state index contributed by atoms with van der Waals surface area (Å²) < 4.78 is 17.8. The minimum atomic E-state index is -1.28. The number of carboxylic acids is 4. The number of nitro groups is 2. The van der Waals surface area contributed by atoms with Crippen molar-refractivity contribution in [3.05, 3.63) is 176 Å². The lowest BCUT2D eigenvalue weighted by Crippen LogP contribution is -2.04. The molecule has 0 unspecified atom stereocenters. The number of aliphatic hydroxyl groups is 1. The van der Waals surface area contributed by atoms with Crippen LogP contribution in [0.15, 0.2) is 128 Å². The summed E-state index contributed by atoms with van der Waals surface area (Å²) in [5.74, 6) is -1.99. The monoisotopic (exact) mass is 1090 g/mol. The normalized spacial score (nSPS) is 9.97. The van der Waals surface area contributed by atoms with Gasteiger partial charge in [-0.05, 0) is 106 Å². The molecule has 0 aliphatic heterocycles. The minimum Gasteiger partial charge on any atom is -0.494 e. The maximum absolute atomic E-state index is 11.0. The third kappa shape index (κ3) is 17.3. The van der Waals surface area contributed by atoms with Gasteiger partial charge in [-0.2, -0.15) is 0 Å². The van der Waals surface area contributed by atoms with Gasteiger partial charge in [0, 0.05) is 61.1 Å². The van der Waals surface area contributed by atoms with Crippen LogP contribution in [0, 0.1) is 20.2 Å². The number of nitrogens with one attached hydrogen (secondary N) is 2. The zero-order valence-corrected chi connectivity index (χ0v) is 42.3. The van der Waals surface area contributed by atoms with Gasteiger partial charge in [-0.3, -0.25) is 24.8 Å². The number of fused-ring (bicyclic) bond motifs is 1. The van der Waals surface area contributed by atoms with Crippen molar-refractivity contribution < 1.29 is 70.2 Å². The quantitative estimate of drug-likeness (QED) is 0.0239. The molecule has 0 aliphatic rings. The second kappa shape index (κ2) is 29.4. The number of aromatic nitrogens is 6. The first-order chi connectivity index (χ1) is 37.3. The Morgan fingerprint density at radius 1 is 0.577 bits per heavy atom. The van der Waals surface area contributed by atoms with Crippen LogP contribution >= 0.6 is 11.6 Å². The number of hydrogen-bond acceptors (Lipinski definition) is 20. The third-order valence-corrected chi connectivity index (χ3v) is 9.95. The molecule has 0 saturated carbocycles. The fourth-order valence-corrected chi connectivity index (χ4v) is 6.32. The molecular weight excluding hydrogens is 1050 g/mol. The summed E-state index contributed by atoms with van der Waals surface area (Å²) in [4.78, 5) is 82.4. The zero-order valence-electron chi connectivity index (χ0n) is 42.5. The molecule has 5 heterocycles. The van der Waals surface area contributed by atoms with Crippen molar-refractivity contribution in [2.45, 2.75) is 20.8 Å². The molecule has 3 aromatic carbocycles. The molecule has 406 valence electrons. The number of hydrogen-bond donors (Lipinski definition) is 8. The second-order valence-electron chi connectivity index (χ2n) is 14.8. The molecule has 0 bridgehead atoms. The van der Waals surface area contributed by atoms with Crippen molar-refractivity contribution in [3.8, 4) is 22.9 Å². The highest BCUT2D eigenvalue weighted by atomic mass is 35.5. The van der Waals surface area contributed by atoms with Crippen LogP contribution in [0.5, 0.6) is 17.2 Å². The van der Waals surface area contributed by atoms with Crippen LogP contribution in [-0.2, 0) is 0 Å². The number of imidazole rings is 1. The van der Waals surface area contributed by atoms with E-state index in [1.807, 2.05) is 69.3 Å². The smallest absolute Gasteiger partial charge is 0.494 e. The van der Waals surface area contributed by atoms with Crippen molar-refractivity contribution in [3.63, 3.8) is 0 Å². The lowest BCUT2D eigenvalue weighted by molar-refractivity contribution is -0.385. The van der Waals surface area contributed by atoms with Crippen molar-refractivity contribution in [2.24, 2.45) is 0 Å². The van der Waals surface area contributed by atoms with E-state index in [1.54, 1.807) is 35.2 Å². The van der Waals surface area contributed by atoms with Crippen LogP contribution in [0.25, 0.3) is 16.9 Å². The van der Waals surface area contributed by atoms with E-state index < -0.39 is 45.1 Å². The molecule has 0 amide bonds. The predicted molar refractivity (Wildman–Crippen MR) is 284 cm³/mol. The Kier molecular flexibility index (Phi) is 22.6. The van der Waals surface area contributed by atoms with Gasteiger partial charge in [0.05, 0.1) is 57.6 Å². The Hall–Kier alpha value is -10.5. The first-order valence-electron chi connectivity index (χ1n) is 22.5.